The number of hydrogen-bond acceptors (Lipinski definition) is 3. The highest BCUT2D eigenvalue weighted by Gasteiger charge is 2.37. The van der Waals surface area contributed by atoms with Gasteiger partial charge in [0.05, 0.1) is 0 Å². The van der Waals surface area contributed by atoms with Crippen molar-refractivity contribution in [2.24, 2.45) is 0 Å². The fraction of sp³-hybridized carbons (Fsp3) is 0.643. The van der Waals surface area contributed by atoms with E-state index in [0.717, 1.165) is 6.04 Å². The van der Waals surface area contributed by atoms with Crippen LogP contribution in [0.4, 0.5) is 0 Å². The molecule has 0 radical (unpaired) electrons. The van der Waals surface area contributed by atoms with Crippen molar-refractivity contribution in [3.8, 4) is 0 Å². The largest absolute Gasteiger partial charge is 0.306 e. The number of aromatic nitrogens is 1. The van der Waals surface area contributed by atoms with Gasteiger partial charge in [-0.2, -0.15) is 0 Å². The molecule has 0 aromatic carbocycles. The number of nitrogens with zero attached hydrogens (tertiary/aromatic N) is 2. The van der Waals surface area contributed by atoms with Crippen LogP contribution in [-0.2, 0) is 0 Å². The van der Waals surface area contributed by atoms with E-state index in [9.17, 15) is 0 Å². The number of rotatable bonds is 3. The molecule has 3 heterocycles. The molecule has 1 N–H and O–H groups in total. The lowest BCUT2D eigenvalue weighted by Crippen LogP contribution is -2.40. The Morgan fingerprint density at radius 2 is 2.35 bits per heavy atom. The van der Waals surface area contributed by atoms with E-state index in [0.29, 0.717) is 12.1 Å². The quantitative estimate of drug-likeness (QED) is 0.862. The van der Waals surface area contributed by atoms with Gasteiger partial charge in [0, 0.05) is 37.1 Å². The maximum atomic E-state index is 4.20. The van der Waals surface area contributed by atoms with Crippen molar-refractivity contribution in [1.29, 1.82) is 0 Å². The first kappa shape index (κ1) is 11.2. The van der Waals surface area contributed by atoms with Crippen LogP contribution in [0.5, 0.6) is 0 Å². The van der Waals surface area contributed by atoms with E-state index in [4.69, 9.17) is 0 Å². The summed E-state index contributed by atoms with van der Waals surface area (Å²) in [6.45, 7) is 4.83. The second kappa shape index (κ2) is 4.75. The van der Waals surface area contributed by atoms with Crippen LogP contribution in [0.2, 0.25) is 0 Å². The Morgan fingerprint density at radius 3 is 3.18 bits per heavy atom. The molecule has 0 aliphatic carbocycles. The SMILES string of the molecule is CC(NC1CCN2CCCC12)c1cccnc1. The normalized spacial score (nSPS) is 30.4. The highest BCUT2D eigenvalue weighted by atomic mass is 15.2. The summed E-state index contributed by atoms with van der Waals surface area (Å²) in [6, 6.07) is 6.05. The molecule has 3 rings (SSSR count). The van der Waals surface area contributed by atoms with Gasteiger partial charge in [0.2, 0.25) is 0 Å². The van der Waals surface area contributed by atoms with Crippen molar-refractivity contribution in [2.45, 2.75) is 44.3 Å². The summed E-state index contributed by atoms with van der Waals surface area (Å²) in [5.41, 5.74) is 1.30. The Bertz CT molecular complexity index is 365. The molecule has 3 heteroatoms. The molecule has 1 aromatic rings. The molecule has 2 aliphatic rings. The summed E-state index contributed by atoms with van der Waals surface area (Å²) in [5.74, 6) is 0. The fourth-order valence-corrected chi connectivity index (χ4v) is 3.33. The van der Waals surface area contributed by atoms with Gasteiger partial charge < -0.3 is 5.32 Å². The average Bonchev–Trinajstić information content (AvgIpc) is 2.95. The Kier molecular flexibility index (Phi) is 3.12. The van der Waals surface area contributed by atoms with Crippen molar-refractivity contribution < 1.29 is 0 Å². The minimum atomic E-state index is 0.411. The highest BCUT2D eigenvalue weighted by molar-refractivity contribution is 5.13. The lowest BCUT2D eigenvalue weighted by Gasteiger charge is -2.25. The summed E-state index contributed by atoms with van der Waals surface area (Å²) in [7, 11) is 0. The van der Waals surface area contributed by atoms with Crippen LogP contribution >= 0.6 is 0 Å². The summed E-state index contributed by atoms with van der Waals surface area (Å²) in [6.07, 6.45) is 7.86. The monoisotopic (exact) mass is 231 g/mol. The van der Waals surface area contributed by atoms with Crippen LogP contribution in [0.3, 0.4) is 0 Å². The Balaban J connectivity index is 1.64. The van der Waals surface area contributed by atoms with E-state index >= 15 is 0 Å². The smallest absolute Gasteiger partial charge is 0.0315 e. The first-order valence-corrected chi connectivity index (χ1v) is 6.74. The van der Waals surface area contributed by atoms with Gasteiger partial charge in [-0.15, -0.1) is 0 Å². The summed E-state index contributed by atoms with van der Waals surface area (Å²) in [4.78, 5) is 6.84. The predicted molar refractivity (Wildman–Crippen MR) is 68.8 cm³/mol. The van der Waals surface area contributed by atoms with E-state index in [-0.39, 0.29) is 0 Å². The number of hydrogen-bond donors (Lipinski definition) is 1. The van der Waals surface area contributed by atoms with E-state index in [1.54, 1.807) is 0 Å². The van der Waals surface area contributed by atoms with Crippen molar-refractivity contribution in [2.75, 3.05) is 13.1 Å². The van der Waals surface area contributed by atoms with Gasteiger partial charge in [-0.1, -0.05) is 6.07 Å². The molecular weight excluding hydrogens is 210 g/mol. The molecule has 0 spiro atoms. The Morgan fingerprint density at radius 1 is 1.41 bits per heavy atom. The van der Waals surface area contributed by atoms with Crippen LogP contribution in [0, 0.1) is 0 Å². The van der Waals surface area contributed by atoms with Crippen molar-refractivity contribution in [3.63, 3.8) is 0 Å². The van der Waals surface area contributed by atoms with E-state index in [1.807, 2.05) is 18.5 Å². The van der Waals surface area contributed by atoms with E-state index in [1.165, 1.54) is 37.9 Å². The van der Waals surface area contributed by atoms with Gasteiger partial charge in [0.1, 0.15) is 0 Å². The van der Waals surface area contributed by atoms with Gasteiger partial charge in [-0.25, -0.2) is 0 Å². The molecule has 2 saturated heterocycles. The minimum absolute atomic E-state index is 0.411. The zero-order valence-corrected chi connectivity index (χ0v) is 10.5. The van der Waals surface area contributed by atoms with Gasteiger partial charge in [0.25, 0.3) is 0 Å². The lowest BCUT2D eigenvalue weighted by atomic mass is 10.0. The third kappa shape index (κ3) is 2.22. The molecular formula is C14H21N3. The fourth-order valence-electron chi connectivity index (χ4n) is 3.33. The third-order valence-corrected chi connectivity index (χ3v) is 4.25. The van der Waals surface area contributed by atoms with Crippen molar-refractivity contribution in [3.05, 3.63) is 30.1 Å². The number of pyridine rings is 1. The molecule has 1 aromatic heterocycles. The molecule has 0 bridgehead atoms. The molecule has 0 amide bonds. The first-order chi connectivity index (χ1) is 8.34. The maximum Gasteiger partial charge on any atom is 0.0315 e. The molecule has 2 fully saturated rings. The van der Waals surface area contributed by atoms with Crippen LogP contribution in [0.15, 0.2) is 24.5 Å². The van der Waals surface area contributed by atoms with Crippen molar-refractivity contribution in [1.82, 2.24) is 15.2 Å². The second-order valence-corrected chi connectivity index (χ2v) is 5.32. The summed E-state index contributed by atoms with van der Waals surface area (Å²) < 4.78 is 0. The Labute approximate surface area is 103 Å². The van der Waals surface area contributed by atoms with Gasteiger partial charge in [0.15, 0.2) is 0 Å². The van der Waals surface area contributed by atoms with Gasteiger partial charge >= 0.3 is 0 Å². The lowest BCUT2D eigenvalue weighted by molar-refractivity contribution is 0.291. The topological polar surface area (TPSA) is 28.2 Å². The number of fused-ring (bicyclic) bond motifs is 1. The Hall–Kier alpha value is -0.930. The average molecular weight is 231 g/mol. The highest BCUT2D eigenvalue weighted by Crippen LogP contribution is 2.29. The van der Waals surface area contributed by atoms with Crippen LogP contribution in [-0.4, -0.2) is 35.1 Å². The summed E-state index contributed by atoms with van der Waals surface area (Å²) in [5, 5.41) is 3.78. The summed E-state index contributed by atoms with van der Waals surface area (Å²) >= 11 is 0. The van der Waals surface area contributed by atoms with Gasteiger partial charge in [-0.05, 0) is 44.4 Å². The minimum Gasteiger partial charge on any atom is -0.306 e. The molecule has 3 atom stereocenters. The van der Waals surface area contributed by atoms with Gasteiger partial charge in [-0.3, -0.25) is 9.88 Å². The van der Waals surface area contributed by atoms with Crippen LogP contribution in [0.25, 0.3) is 0 Å². The molecule has 0 saturated carbocycles. The molecule has 3 nitrogen and oxygen atoms in total. The zero-order valence-electron chi connectivity index (χ0n) is 10.5. The maximum absolute atomic E-state index is 4.20. The van der Waals surface area contributed by atoms with Crippen LogP contribution in [0.1, 0.15) is 37.8 Å². The molecule has 17 heavy (non-hydrogen) atoms. The van der Waals surface area contributed by atoms with Crippen LogP contribution < -0.4 is 5.32 Å². The number of nitrogens with one attached hydrogen (secondary N) is 1. The first-order valence-electron chi connectivity index (χ1n) is 6.74. The van der Waals surface area contributed by atoms with E-state index < -0.39 is 0 Å². The standard InChI is InChI=1S/C14H21N3/c1-11(12-4-2-7-15-10-12)16-13-6-9-17-8-3-5-14(13)17/h2,4,7,10-11,13-14,16H,3,5-6,8-9H2,1H3. The zero-order chi connectivity index (χ0) is 11.7. The van der Waals surface area contributed by atoms with E-state index in [2.05, 4.69) is 28.2 Å². The van der Waals surface area contributed by atoms with Crippen molar-refractivity contribution >= 4 is 0 Å². The second-order valence-electron chi connectivity index (χ2n) is 5.32. The third-order valence-electron chi connectivity index (χ3n) is 4.25. The molecule has 92 valence electrons. The molecule has 3 unspecified atom stereocenters. The molecule has 2 aliphatic heterocycles. The predicted octanol–water partition coefficient (Wildman–Crippen LogP) is 1.97.